The average Bonchev–Trinajstić information content (AvgIpc) is 2.92. The van der Waals surface area contributed by atoms with Gasteiger partial charge in [0.25, 0.3) is 0 Å². The van der Waals surface area contributed by atoms with Gasteiger partial charge in [0.05, 0.1) is 23.8 Å². The summed E-state index contributed by atoms with van der Waals surface area (Å²) in [6, 6.07) is 11.7. The van der Waals surface area contributed by atoms with E-state index in [1.807, 2.05) is 43.3 Å². The van der Waals surface area contributed by atoms with Crippen molar-refractivity contribution in [2.45, 2.75) is 18.7 Å². The molecule has 2 rings (SSSR count). The van der Waals surface area contributed by atoms with E-state index >= 15 is 0 Å². The van der Waals surface area contributed by atoms with E-state index in [1.165, 1.54) is 0 Å². The van der Waals surface area contributed by atoms with Crippen molar-refractivity contribution in [3.05, 3.63) is 58.5 Å². The molecule has 0 aliphatic carbocycles. The number of nitrogens with one attached hydrogen (secondary N) is 1. The van der Waals surface area contributed by atoms with Gasteiger partial charge in [-0.2, -0.15) is 0 Å². The van der Waals surface area contributed by atoms with E-state index < -0.39 is 0 Å². The van der Waals surface area contributed by atoms with Crippen molar-refractivity contribution in [1.29, 1.82) is 0 Å². The number of rotatable bonds is 6. The molecular weight excluding hydrogens is 338 g/mol. The van der Waals surface area contributed by atoms with E-state index in [2.05, 4.69) is 21.2 Å². The molecule has 1 N–H and O–H groups in total. The lowest BCUT2D eigenvalue weighted by molar-refractivity contribution is -0.119. The van der Waals surface area contributed by atoms with E-state index in [0.717, 1.165) is 15.8 Å². The van der Waals surface area contributed by atoms with Crippen molar-refractivity contribution in [2.75, 3.05) is 5.75 Å². The zero-order chi connectivity index (χ0) is 14.4. The molecule has 1 amide bonds. The number of thioether (sulfide) groups is 1. The number of furan rings is 1. The zero-order valence-electron chi connectivity index (χ0n) is 11.1. The Morgan fingerprint density at radius 1 is 1.35 bits per heavy atom. The van der Waals surface area contributed by atoms with Crippen LogP contribution in [-0.4, -0.2) is 11.7 Å². The number of carbonyl (C=O) groups is 1. The maximum Gasteiger partial charge on any atom is 0.230 e. The standard InChI is InChI=1S/C15H16BrNO2S/c1-11(12-4-6-13(16)7-5-12)17-15(18)10-20-9-14-3-2-8-19-14/h2-8,11H,9-10H2,1H3,(H,17,18). The lowest BCUT2D eigenvalue weighted by Gasteiger charge is -2.14. The monoisotopic (exact) mass is 353 g/mol. The molecule has 20 heavy (non-hydrogen) atoms. The van der Waals surface area contributed by atoms with Gasteiger partial charge < -0.3 is 9.73 Å². The molecule has 0 radical (unpaired) electrons. The number of halogens is 1. The van der Waals surface area contributed by atoms with Gasteiger partial charge in [0.15, 0.2) is 0 Å². The Balaban J connectivity index is 1.74. The van der Waals surface area contributed by atoms with E-state index in [0.29, 0.717) is 11.5 Å². The second kappa shape index (κ2) is 7.55. The second-order valence-corrected chi connectivity index (χ2v) is 6.31. The van der Waals surface area contributed by atoms with Gasteiger partial charge in [-0.3, -0.25) is 4.79 Å². The Labute approximate surface area is 131 Å². The minimum absolute atomic E-state index is 0.0137. The fourth-order valence-corrected chi connectivity index (χ4v) is 2.76. The molecule has 1 atom stereocenters. The Kier molecular flexibility index (Phi) is 5.73. The zero-order valence-corrected chi connectivity index (χ0v) is 13.5. The Hall–Kier alpha value is -1.20. The highest BCUT2D eigenvalue weighted by Crippen LogP contribution is 2.17. The highest BCUT2D eigenvalue weighted by molar-refractivity contribution is 9.10. The normalized spacial score (nSPS) is 12.1. The van der Waals surface area contributed by atoms with Crippen molar-refractivity contribution in [3.8, 4) is 0 Å². The number of hydrogen-bond donors (Lipinski definition) is 1. The summed E-state index contributed by atoms with van der Waals surface area (Å²) < 4.78 is 6.26. The van der Waals surface area contributed by atoms with Crippen LogP contribution in [0.15, 0.2) is 51.6 Å². The minimum atomic E-state index is 0.0137. The van der Waals surface area contributed by atoms with Gasteiger partial charge >= 0.3 is 0 Å². The molecule has 0 bridgehead atoms. The van der Waals surface area contributed by atoms with Crippen LogP contribution in [0.3, 0.4) is 0 Å². The Morgan fingerprint density at radius 3 is 2.75 bits per heavy atom. The predicted octanol–water partition coefficient (Wildman–Crippen LogP) is 4.15. The molecule has 3 nitrogen and oxygen atoms in total. The third-order valence-corrected chi connectivity index (χ3v) is 4.29. The molecule has 0 spiro atoms. The smallest absolute Gasteiger partial charge is 0.230 e. The molecule has 1 unspecified atom stereocenters. The first kappa shape index (κ1) is 15.2. The summed E-state index contributed by atoms with van der Waals surface area (Å²) in [5.41, 5.74) is 1.09. The quantitative estimate of drug-likeness (QED) is 0.847. The van der Waals surface area contributed by atoms with Crippen molar-refractivity contribution in [3.63, 3.8) is 0 Å². The van der Waals surface area contributed by atoms with Gasteiger partial charge in [0.1, 0.15) is 5.76 Å². The molecule has 0 saturated carbocycles. The number of hydrogen-bond acceptors (Lipinski definition) is 3. The van der Waals surface area contributed by atoms with Crippen LogP contribution in [0.25, 0.3) is 0 Å². The summed E-state index contributed by atoms with van der Waals surface area (Å²) >= 11 is 4.94. The highest BCUT2D eigenvalue weighted by atomic mass is 79.9. The first-order chi connectivity index (χ1) is 9.65. The fourth-order valence-electron chi connectivity index (χ4n) is 1.76. The summed E-state index contributed by atoms with van der Waals surface area (Å²) in [5.74, 6) is 2.08. The largest absolute Gasteiger partial charge is 0.468 e. The molecule has 0 fully saturated rings. The minimum Gasteiger partial charge on any atom is -0.468 e. The number of amides is 1. The summed E-state index contributed by atoms with van der Waals surface area (Å²) in [7, 11) is 0. The highest BCUT2D eigenvalue weighted by Gasteiger charge is 2.09. The third-order valence-electron chi connectivity index (χ3n) is 2.81. The molecule has 2 aromatic rings. The molecule has 1 aromatic carbocycles. The molecule has 1 aromatic heterocycles. The summed E-state index contributed by atoms with van der Waals surface area (Å²) in [6.07, 6.45) is 1.64. The predicted molar refractivity (Wildman–Crippen MR) is 85.6 cm³/mol. The van der Waals surface area contributed by atoms with Crippen LogP contribution in [0.4, 0.5) is 0 Å². The van der Waals surface area contributed by atoms with Gasteiger partial charge in [-0.05, 0) is 36.8 Å². The molecule has 0 saturated heterocycles. The van der Waals surface area contributed by atoms with Gasteiger partial charge in [0, 0.05) is 4.47 Å². The fraction of sp³-hybridized carbons (Fsp3) is 0.267. The van der Waals surface area contributed by atoms with Crippen LogP contribution in [0.2, 0.25) is 0 Å². The van der Waals surface area contributed by atoms with E-state index in [9.17, 15) is 4.79 Å². The summed E-state index contributed by atoms with van der Waals surface area (Å²) in [4.78, 5) is 11.9. The maximum atomic E-state index is 11.9. The topological polar surface area (TPSA) is 42.2 Å². The molecule has 1 heterocycles. The van der Waals surface area contributed by atoms with Crippen molar-refractivity contribution in [1.82, 2.24) is 5.32 Å². The molecule has 106 valence electrons. The van der Waals surface area contributed by atoms with Gasteiger partial charge in [0.2, 0.25) is 5.91 Å². The summed E-state index contributed by atoms with van der Waals surface area (Å²) in [5, 5.41) is 2.99. The van der Waals surface area contributed by atoms with Crippen molar-refractivity contribution in [2.24, 2.45) is 0 Å². The molecule has 0 aliphatic heterocycles. The molecular formula is C15H16BrNO2S. The second-order valence-electron chi connectivity index (χ2n) is 4.41. The first-order valence-corrected chi connectivity index (χ1v) is 8.25. The average molecular weight is 354 g/mol. The SMILES string of the molecule is CC(NC(=O)CSCc1ccco1)c1ccc(Br)cc1. The molecule has 0 aliphatic rings. The van der Waals surface area contributed by atoms with E-state index in [4.69, 9.17) is 4.42 Å². The lowest BCUT2D eigenvalue weighted by atomic mass is 10.1. The van der Waals surface area contributed by atoms with Gasteiger partial charge in [-0.25, -0.2) is 0 Å². The Bertz CT molecular complexity index is 540. The van der Waals surface area contributed by atoms with Crippen LogP contribution in [-0.2, 0) is 10.5 Å². The maximum absolute atomic E-state index is 11.9. The van der Waals surface area contributed by atoms with Gasteiger partial charge in [-0.15, -0.1) is 11.8 Å². The third kappa shape index (κ3) is 4.72. The van der Waals surface area contributed by atoms with Crippen LogP contribution < -0.4 is 5.32 Å². The van der Waals surface area contributed by atoms with Crippen LogP contribution in [0.5, 0.6) is 0 Å². The Morgan fingerprint density at radius 2 is 2.10 bits per heavy atom. The van der Waals surface area contributed by atoms with E-state index in [1.54, 1.807) is 18.0 Å². The van der Waals surface area contributed by atoms with Gasteiger partial charge in [-0.1, -0.05) is 28.1 Å². The lowest BCUT2D eigenvalue weighted by Crippen LogP contribution is -2.28. The number of benzene rings is 1. The van der Waals surface area contributed by atoms with E-state index in [-0.39, 0.29) is 11.9 Å². The van der Waals surface area contributed by atoms with Crippen LogP contribution in [0.1, 0.15) is 24.3 Å². The summed E-state index contributed by atoms with van der Waals surface area (Å²) in [6.45, 7) is 1.98. The molecule has 5 heteroatoms. The first-order valence-electron chi connectivity index (χ1n) is 6.30. The number of carbonyl (C=O) groups excluding carboxylic acids is 1. The van der Waals surface area contributed by atoms with Crippen LogP contribution in [0, 0.1) is 0 Å². The van der Waals surface area contributed by atoms with Crippen LogP contribution >= 0.6 is 27.7 Å². The van der Waals surface area contributed by atoms with Crippen molar-refractivity contribution < 1.29 is 9.21 Å². The van der Waals surface area contributed by atoms with Crippen molar-refractivity contribution >= 4 is 33.6 Å².